The van der Waals surface area contributed by atoms with E-state index in [4.69, 9.17) is 33.7 Å². The van der Waals surface area contributed by atoms with Gasteiger partial charge >= 0.3 is 0 Å². The number of primary amides is 1. The Morgan fingerprint density at radius 2 is 1.53 bits per heavy atom. The summed E-state index contributed by atoms with van der Waals surface area (Å²) in [5.74, 6) is -0.787. The van der Waals surface area contributed by atoms with Crippen molar-refractivity contribution in [2.75, 3.05) is 0 Å². The smallest absolute Gasteiger partial charge is 0.253 e. The predicted octanol–water partition coefficient (Wildman–Crippen LogP) is 6.50. The Balaban J connectivity index is 1.84. The van der Waals surface area contributed by atoms with E-state index in [1.807, 2.05) is 55.5 Å². The summed E-state index contributed by atoms with van der Waals surface area (Å²) < 4.78 is 7.68. The zero-order chi connectivity index (χ0) is 25.8. The van der Waals surface area contributed by atoms with Crippen LogP contribution in [0.2, 0.25) is 10.0 Å². The summed E-state index contributed by atoms with van der Waals surface area (Å²) in [5, 5.41) is 1.18. The van der Waals surface area contributed by atoms with Gasteiger partial charge in [-0.1, -0.05) is 72.9 Å². The fourth-order valence-corrected chi connectivity index (χ4v) is 5.29. The number of carbonyl (C=O) groups excluding carboxylic acids is 2. The summed E-state index contributed by atoms with van der Waals surface area (Å²) in [7, 11) is 0. The summed E-state index contributed by atoms with van der Waals surface area (Å²) in [4.78, 5) is 28.4. The third kappa shape index (κ3) is 6.05. The molecule has 0 aromatic heterocycles. The van der Waals surface area contributed by atoms with Gasteiger partial charge in [-0.15, -0.1) is 0 Å². The first-order chi connectivity index (χ1) is 17.3. The van der Waals surface area contributed by atoms with Crippen molar-refractivity contribution in [3.05, 3.63) is 103 Å². The van der Waals surface area contributed by atoms with Gasteiger partial charge in [-0.05, 0) is 82.1 Å². The Labute approximate surface area is 235 Å². The Kier molecular flexibility index (Phi) is 8.93. The van der Waals surface area contributed by atoms with Crippen LogP contribution >= 0.6 is 45.8 Å². The van der Waals surface area contributed by atoms with Gasteiger partial charge < -0.3 is 15.4 Å². The quantitative estimate of drug-likeness (QED) is 0.287. The number of nitrogens with zero attached hydrogens (tertiary/aromatic N) is 1. The van der Waals surface area contributed by atoms with Crippen molar-refractivity contribution in [2.45, 2.75) is 50.5 Å². The lowest BCUT2D eigenvalue weighted by molar-refractivity contribution is -0.181. The minimum atomic E-state index is -0.784. The fourth-order valence-electron chi connectivity index (χ4n) is 4.68. The first-order valence-electron chi connectivity index (χ1n) is 11.8. The fraction of sp³-hybridized carbons (Fsp3) is 0.286. The molecule has 0 radical (unpaired) electrons. The summed E-state index contributed by atoms with van der Waals surface area (Å²) in [5.41, 5.74) is 8.52. The summed E-state index contributed by atoms with van der Waals surface area (Å²) in [6.45, 7) is 1.97. The minimum absolute atomic E-state index is 0.254. The van der Waals surface area contributed by atoms with Crippen LogP contribution in [0.1, 0.15) is 48.6 Å². The molecule has 0 bridgehead atoms. The Bertz CT molecular complexity index is 1200. The van der Waals surface area contributed by atoms with Crippen LogP contribution in [-0.2, 0) is 20.7 Å². The van der Waals surface area contributed by atoms with Gasteiger partial charge in [0.1, 0.15) is 18.2 Å². The monoisotopic (exact) mass is 636 g/mol. The first-order valence-corrected chi connectivity index (χ1v) is 13.6. The highest BCUT2D eigenvalue weighted by atomic mass is 127. The number of hydrogen-bond acceptors (Lipinski definition) is 3. The van der Waals surface area contributed by atoms with Crippen molar-refractivity contribution >= 4 is 57.6 Å². The van der Waals surface area contributed by atoms with Crippen LogP contribution in [0.4, 0.5) is 0 Å². The lowest BCUT2D eigenvalue weighted by atomic mass is 9.88. The van der Waals surface area contributed by atoms with E-state index in [9.17, 15) is 9.59 Å². The molecule has 4 atom stereocenters. The molecule has 2 N–H and O–H groups in total. The maximum atomic E-state index is 14.0. The Hall–Kier alpha value is -2.13. The van der Waals surface area contributed by atoms with E-state index in [2.05, 4.69) is 22.6 Å². The number of amides is 2. The number of rotatable bonds is 8. The molecule has 0 saturated carbocycles. The normalized spacial score (nSPS) is 20.8. The van der Waals surface area contributed by atoms with E-state index < -0.39 is 30.2 Å². The number of nitrogens with two attached hydrogens (primary N) is 1. The van der Waals surface area contributed by atoms with Gasteiger partial charge in [0.2, 0.25) is 5.91 Å². The van der Waals surface area contributed by atoms with Crippen molar-refractivity contribution in [1.29, 1.82) is 0 Å². The van der Waals surface area contributed by atoms with E-state index in [1.165, 1.54) is 0 Å². The van der Waals surface area contributed by atoms with Gasteiger partial charge in [-0.25, -0.2) is 0 Å². The Morgan fingerprint density at radius 3 is 2.06 bits per heavy atom. The standard InChI is InChI=1S/C28H27Cl2IN2O3/c1-2-3-23(27(32)34)33-25(18-6-10-20(29)11-7-18)26(19-8-12-21(30)13-9-19)36-24(28(33)35)16-17-4-14-22(31)15-5-17/h4-15,23-26H,2-3,16H2,1H3,(H2,32,34)/t23-,24+,25-,26+/m0/s1. The van der Waals surface area contributed by atoms with Crippen LogP contribution in [0.15, 0.2) is 72.8 Å². The van der Waals surface area contributed by atoms with E-state index in [0.29, 0.717) is 29.3 Å². The molecule has 3 aromatic rings. The van der Waals surface area contributed by atoms with Crippen molar-refractivity contribution in [2.24, 2.45) is 5.73 Å². The zero-order valence-corrected chi connectivity index (χ0v) is 23.4. The van der Waals surface area contributed by atoms with Crippen LogP contribution in [0.3, 0.4) is 0 Å². The number of halogens is 3. The molecule has 0 aliphatic carbocycles. The van der Waals surface area contributed by atoms with Crippen LogP contribution in [0.5, 0.6) is 0 Å². The highest BCUT2D eigenvalue weighted by molar-refractivity contribution is 14.1. The van der Waals surface area contributed by atoms with Crippen molar-refractivity contribution in [3.63, 3.8) is 0 Å². The number of morpholine rings is 1. The molecule has 0 spiro atoms. The average Bonchev–Trinajstić information content (AvgIpc) is 2.86. The van der Waals surface area contributed by atoms with E-state index >= 15 is 0 Å². The van der Waals surface area contributed by atoms with E-state index in [0.717, 1.165) is 20.3 Å². The summed E-state index contributed by atoms with van der Waals surface area (Å²) in [6.07, 6.45) is 0.191. The molecule has 0 unspecified atom stereocenters. The molecule has 8 heteroatoms. The maximum Gasteiger partial charge on any atom is 0.253 e. The van der Waals surface area contributed by atoms with Crippen LogP contribution < -0.4 is 5.73 Å². The molecule has 3 aromatic carbocycles. The summed E-state index contributed by atoms with van der Waals surface area (Å²) >= 11 is 14.6. The predicted molar refractivity (Wildman–Crippen MR) is 151 cm³/mol. The van der Waals surface area contributed by atoms with Crippen LogP contribution in [-0.4, -0.2) is 28.9 Å². The van der Waals surface area contributed by atoms with Gasteiger partial charge in [0.05, 0.1) is 6.04 Å². The number of carbonyl (C=O) groups is 2. The lowest BCUT2D eigenvalue weighted by Gasteiger charge is -2.47. The molecule has 1 aliphatic rings. The molecular weight excluding hydrogens is 610 g/mol. The molecule has 188 valence electrons. The summed E-state index contributed by atoms with van der Waals surface area (Å²) in [6, 6.07) is 21.3. The molecular formula is C28H27Cl2IN2O3. The third-order valence-electron chi connectivity index (χ3n) is 6.40. The van der Waals surface area contributed by atoms with Crippen molar-refractivity contribution in [3.8, 4) is 0 Å². The number of benzene rings is 3. The van der Waals surface area contributed by atoms with E-state index in [1.54, 1.807) is 29.2 Å². The maximum absolute atomic E-state index is 14.0. The van der Waals surface area contributed by atoms with Gasteiger partial charge in [0, 0.05) is 20.0 Å². The molecule has 1 fully saturated rings. The minimum Gasteiger partial charge on any atom is -0.368 e. The molecule has 36 heavy (non-hydrogen) atoms. The number of hydrogen-bond donors (Lipinski definition) is 1. The third-order valence-corrected chi connectivity index (χ3v) is 7.62. The van der Waals surface area contributed by atoms with Gasteiger partial charge in [0.15, 0.2) is 0 Å². The molecule has 2 amide bonds. The molecule has 1 aliphatic heterocycles. The highest BCUT2D eigenvalue weighted by Crippen LogP contribution is 2.44. The largest absolute Gasteiger partial charge is 0.368 e. The van der Waals surface area contributed by atoms with E-state index in [-0.39, 0.29) is 5.91 Å². The Morgan fingerprint density at radius 1 is 0.972 bits per heavy atom. The van der Waals surface area contributed by atoms with Crippen LogP contribution in [0, 0.1) is 3.57 Å². The topological polar surface area (TPSA) is 72.6 Å². The van der Waals surface area contributed by atoms with Gasteiger partial charge in [-0.3, -0.25) is 9.59 Å². The average molecular weight is 637 g/mol. The van der Waals surface area contributed by atoms with Crippen LogP contribution in [0.25, 0.3) is 0 Å². The second-order valence-electron chi connectivity index (χ2n) is 8.88. The molecule has 1 saturated heterocycles. The molecule has 1 heterocycles. The molecule has 5 nitrogen and oxygen atoms in total. The molecule has 4 rings (SSSR count). The van der Waals surface area contributed by atoms with Gasteiger partial charge in [-0.2, -0.15) is 0 Å². The van der Waals surface area contributed by atoms with Crippen molar-refractivity contribution < 1.29 is 14.3 Å². The lowest BCUT2D eigenvalue weighted by Crippen LogP contribution is -2.58. The van der Waals surface area contributed by atoms with Gasteiger partial charge in [0.25, 0.3) is 5.91 Å². The zero-order valence-electron chi connectivity index (χ0n) is 19.7. The number of ether oxygens (including phenoxy) is 1. The highest BCUT2D eigenvalue weighted by Gasteiger charge is 2.47. The first kappa shape index (κ1) is 26.9. The SMILES string of the molecule is CCC[C@@H](C(N)=O)N1C(=O)[C@@H](Cc2ccc(I)cc2)O[C@H](c2ccc(Cl)cc2)[C@@H]1c1ccc(Cl)cc1. The van der Waals surface area contributed by atoms with Crippen molar-refractivity contribution in [1.82, 2.24) is 4.90 Å². The second-order valence-corrected chi connectivity index (χ2v) is 11.0. The second kappa shape index (κ2) is 11.9.